The van der Waals surface area contributed by atoms with Gasteiger partial charge in [0, 0.05) is 12.6 Å². The lowest BCUT2D eigenvalue weighted by atomic mass is 9.91. The van der Waals surface area contributed by atoms with Crippen LogP contribution >= 0.6 is 0 Å². The molecule has 2 aromatic carbocycles. The van der Waals surface area contributed by atoms with Crippen LogP contribution in [0, 0.1) is 13.8 Å². The molecule has 0 aliphatic heterocycles. The molecule has 1 fully saturated rings. The molecule has 1 heterocycles. The largest absolute Gasteiger partial charge is 0.496 e. The normalized spacial score (nSPS) is 18.2. The van der Waals surface area contributed by atoms with Crippen LogP contribution in [0.15, 0.2) is 36.5 Å². The summed E-state index contributed by atoms with van der Waals surface area (Å²) in [6, 6.07) is 9.98. The Morgan fingerprint density at radius 1 is 1.18 bits per heavy atom. The van der Waals surface area contributed by atoms with Crippen LogP contribution in [0.25, 0.3) is 11.3 Å². The molecule has 0 saturated heterocycles. The summed E-state index contributed by atoms with van der Waals surface area (Å²) in [6.07, 6.45) is 5.63. The Morgan fingerprint density at radius 3 is 2.55 bits per heavy atom. The van der Waals surface area contributed by atoms with E-state index >= 15 is 0 Å². The van der Waals surface area contributed by atoms with Crippen molar-refractivity contribution in [2.45, 2.75) is 58.1 Å². The fraction of sp³-hybridized carbons (Fsp3) is 0.423. The first-order valence-corrected chi connectivity index (χ1v) is 11.5. The Kier molecular flexibility index (Phi) is 6.79. The second kappa shape index (κ2) is 9.75. The molecular formula is C26H32N4O3. The zero-order valence-corrected chi connectivity index (χ0v) is 19.8. The number of aliphatic hydroxyl groups is 1. The summed E-state index contributed by atoms with van der Waals surface area (Å²) in [6.45, 7) is 4.05. The zero-order chi connectivity index (χ0) is 23.5. The van der Waals surface area contributed by atoms with E-state index in [-0.39, 0.29) is 11.9 Å². The molecule has 0 unspecified atom stereocenters. The Bertz CT molecular complexity index is 1140. The van der Waals surface area contributed by atoms with Crippen molar-refractivity contribution >= 4 is 5.91 Å². The van der Waals surface area contributed by atoms with Crippen LogP contribution in [0.3, 0.4) is 0 Å². The quantitative estimate of drug-likeness (QED) is 0.600. The van der Waals surface area contributed by atoms with Crippen molar-refractivity contribution in [3.8, 4) is 17.0 Å². The molecule has 2 atom stereocenters. The summed E-state index contributed by atoms with van der Waals surface area (Å²) in [5, 5.41) is 21.5. The highest BCUT2D eigenvalue weighted by molar-refractivity contribution is 5.98. The van der Waals surface area contributed by atoms with Gasteiger partial charge in [-0.1, -0.05) is 42.3 Å². The first-order chi connectivity index (χ1) is 15.9. The van der Waals surface area contributed by atoms with Gasteiger partial charge in [-0.05, 0) is 61.4 Å². The molecule has 0 radical (unpaired) electrons. The van der Waals surface area contributed by atoms with Gasteiger partial charge in [0.25, 0.3) is 5.91 Å². The zero-order valence-electron chi connectivity index (χ0n) is 19.8. The molecule has 4 rings (SSSR count). The molecule has 33 heavy (non-hydrogen) atoms. The van der Waals surface area contributed by atoms with E-state index in [1.54, 1.807) is 11.8 Å². The third kappa shape index (κ3) is 4.93. The second-order valence-electron chi connectivity index (χ2n) is 8.95. The number of carbonyl (C=O) groups is 1. The van der Waals surface area contributed by atoms with Gasteiger partial charge in [0.15, 0.2) is 0 Å². The number of benzene rings is 2. The minimum Gasteiger partial charge on any atom is -0.496 e. The minimum absolute atomic E-state index is 0.194. The van der Waals surface area contributed by atoms with E-state index in [0.717, 1.165) is 59.2 Å². The van der Waals surface area contributed by atoms with Crippen molar-refractivity contribution in [1.29, 1.82) is 0 Å². The summed E-state index contributed by atoms with van der Waals surface area (Å²) >= 11 is 0. The van der Waals surface area contributed by atoms with Crippen molar-refractivity contribution in [3.63, 3.8) is 0 Å². The maximum absolute atomic E-state index is 13.2. The Balaban J connectivity index is 1.59. The van der Waals surface area contributed by atoms with Crippen molar-refractivity contribution in [3.05, 3.63) is 64.3 Å². The smallest absolute Gasteiger partial charge is 0.255 e. The van der Waals surface area contributed by atoms with Crippen LogP contribution in [-0.4, -0.2) is 45.3 Å². The first kappa shape index (κ1) is 23.0. The van der Waals surface area contributed by atoms with Crippen molar-refractivity contribution in [2.75, 3.05) is 7.11 Å². The van der Waals surface area contributed by atoms with E-state index < -0.39 is 6.10 Å². The highest BCUT2D eigenvalue weighted by atomic mass is 16.5. The van der Waals surface area contributed by atoms with Crippen LogP contribution in [0.1, 0.15) is 58.3 Å². The van der Waals surface area contributed by atoms with Crippen LogP contribution in [0.5, 0.6) is 5.75 Å². The third-order valence-electron chi connectivity index (χ3n) is 6.69. The standard InChI is InChI=1S/C26H32N4O3/c1-16-17(2)25(33-4)21(26(32)27-22-7-5-6-8-24(22)31)14-20(16)13-18-9-11-19(12-10-18)23-15-30(3)29-28-23/h9-12,14-15,22,24,31H,5-8,13H2,1-4H3,(H,27,32)/t22-,24-/m0/s1. The van der Waals surface area contributed by atoms with Crippen molar-refractivity contribution in [2.24, 2.45) is 7.05 Å². The number of aromatic nitrogens is 3. The fourth-order valence-corrected chi connectivity index (χ4v) is 4.60. The van der Waals surface area contributed by atoms with E-state index in [4.69, 9.17) is 4.74 Å². The highest BCUT2D eigenvalue weighted by Crippen LogP contribution is 2.31. The number of aryl methyl sites for hydroxylation is 1. The van der Waals surface area contributed by atoms with Gasteiger partial charge in [0.1, 0.15) is 11.4 Å². The summed E-state index contributed by atoms with van der Waals surface area (Å²) in [4.78, 5) is 13.2. The number of rotatable bonds is 6. The molecule has 174 valence electrons. The summed E-state index contributed by atoms with van der Waals surface area (Å²) in [7, 11) is 3.45. The van der Waals surface area contributed by atoms with Gasteiger partial charge in [0.05, 0.1) is 31.0 Å². The SMILES string of the molecule is COc1c(C(=O)N[C@H]2CCCC[C@@H]2O)cc(Cc2ccc(-c3cn(C)nn3)cc2)c(C)c1C. The molecule has 1 aliphatic carbocycles. The second-order valence-corrected chi connectivity index (χ2v) is 8.95. The van der Waals surface area contributed by atoms with Crippen LogP contribution in [0.2, 0.25) is 0 Å². The Morgan fingerprint density at radius 2 is 1.91 bits per heavy atom. The monoisotopic (exact) mass is 448 g/mol. The molecule has 1 saturated carbocycles. The third-order valence-corrected chi connectivity index (χ3v) is 6.69. The van der Waals surface area contributed by atoms with Crippen molar-refractivity contribution < 1.29 is 14.6 Å². The predicted molar refractivity (Wildman–Crippen MR) is 127 cm³/mol. The van der Waals surface area contributed by atoms with Crippen LogP contribution in [0.4, 0.5) is 0 Å². The Hall–Kier alpha value is -3.19. The summed E-state index contributed by atoms with van der Waals surface area (Å²) in [5.74, 6) is 0.400. The van der Waals surface area contributed by atoms with E-state index in [9.17, 15) is 9.90 Å². The first-order valence-electron chi connectivity index (χ1n) is 11.5. The highest BCUT2D eigenvalue weighted by Gasteiger charge is 2.27. The van der Waals surface area contributed by atoms with Gasteiger partial charge < -0.3 is 15.2 Å². The lowest BCUT2D eigenvalue weighted by Gasteiger charge is -2.29. The molecule has 7 heteroatoms. The van der Waals surface area contributed by atoms with E-state index in [1.165, 1.54) is 0 Å². The molecule has 1 aromatic heterocycles. The Labute approximate surface area is 194 Å². The maximum atomic E-state index is 13.2. The summed E-state index contributed by atoms with van der Waals surface area (Å²) < 4.78 is 7.31. The van der Waals surface area contributed by atoms with Gasteiger partial charge >= 0.3 is 0 Å². The molecule has 0 spiro atoms. The minimum atomic E-state index is -0.493. The number of hydrogen-bond donors (Lipinski definition) is 2. The van der Waals surface area contributed by atoms with Gasteiger partial charge in [-0.15, -0.1) is 5.10 Å². The number of hydrogen-bond acceptors (Lipinski definition) is 5. The van der Waals surface area contributed by atoms with E-state index in [1.807, 2.05) is 38.4 Å². The van der Waals surface area contributed by atoms with E-state index in [2.05, 4.69) is 34.7 Å². The molecule has 3 aromatic rings. The van der Waals surface area contributed by atoms with Gasteiger partial charge in [-0.2, -0.15) is 0 Å². The maximum Gasteiger partial charge on any atom is 0.255 e. The molecule has 1 aliphatic rings. The molecule has 2 N–H and O–H groups in total. The lowest BCUT2D eigenvalue weighted by molar-refractivity contribution is 0.0715. The predicted octanol–water partition coefficient (Wildman–Crippen LogP) is 3.73. The number of amides is 1. The number of carbonyl (C=O) groups excluding carboxylic acids is 1. The van der Waals surface area contributed by atoms with Crippen LogP contribution < -0.4 is 10.1 Å². The average molecular weight is 449 g/mol. The molecule has 1 amide bonds. The average Bonchev–Trinajstić information content (AvgIpc) is 3.25. The van der Waals surface area contributed by atoms with Crippen molar-refractivity contribution in [1.82, 2.24) is 20.3 Å². The number of methoxy groups -OCH3 is 1. The number of nitrogens with one attached hydrogen (secondary N) is 1. The van der Waals surface area contributed by atoms with Gasteiger partial charge in [-0.25, -0.2) is 0 Å². The molecule has 7 nitrogen and oxygen atoms in total. The molecule has 0 bridgehead atoms. The van der Waals surface area contributed by atoms with Gasteiger partial charge in [-0.3, -0.25) is 9.48 Å². The number of nitrogens with zero attached hydrogens (tertiary/aromatic N) is 3. The lowest BCUT2D eigenvalue weighted by Crippen LogP contribution is -2.45. The fourth-order valence-electron chi connectivity index (χ4n) is 4.60. The number of aliphatic hydroxyl groups excluding tert-OH is 1. The van der Waals surface area contributed by atoms with Crippen LogP contribution in [-0.2, 0) is 13.5 Å². The topological polar surface area (TPSA) is 89.3 Å². The summed E-state index contributed by atoms with van der Waals surface area (Å²) in [5.41, 5.74) is 6.66. The van der Waals surface area contributed by atoms with E-state index in [0.29, 0.717) is 17.7 Å². The molecular weight excluding hydrogens is 416 g/mol. The van der Waals surface area contributed by atoms with Gasteiger partial charge in [0.2, 0.25) is 0 Å². The number of ether oxygens (including phenoxy) is 1.